The van der Waals surface area contributed by atoms with Gasteiger partial charge in [-0.05, 0) is 37.1 Å². The molecule has 3 aromatic heterocycles. The Morgan fingerprint density at radius 2 is 2.00 bits per heavy atom. The zero-order chi connectivity index (χ0) is 18.3. The fourth-order valence-electron chi connectivity index (χ4n) is 2.78. The van der Waals surface area contributed by atoms with Crippen LogP contribution < -0.4 is 5.32 Å². The summed E-state index contributed by atoms with van der Waals surface area (Å²) >= 11 is 0. The molecule has 4 rings (SSSR count). The summed E-state index contributed by atoms with van der Waals surface area (Å²) in [5.74, 6) is -1.54. The molecule has 1 amide bonds. The minimum atomic E-state index is -1.14. The van der Waals surface area contributed by atoms with E-state index >= 15 is 0 Å². The fourth-order valence-corrected chi connectivity index (χ4v) is 2.78. The van der Waals surface area contributed by atoms with E-state index in [1.54, 1.807) is 22.9 Å². The van der Waals surface area contributed by atoms with Gasteiger partial charge in [0, 0.05) is 23.3 Å². The third-order valence-corrected chi connectivity index (χ3v) is 4.45. The van der Waals surface area contributed by atoms with Gasteiger partial charge in [-0.3, -0.25) is 14.2 Å². The van der Waals surface area contributed by atoms with Gasteiger partial charge in [0.15, 0.2) is 6.29 Å². The van der Waals surface area contributed by atoms with Gasteiger partial charge in [0.1, 0.15) is 16.9 Å². The molecule has 0 saturated heterocycles. The molecule has 2 N–H and O–H groups in total. The Morgan fingerprint density at radius 1 is 1.19 bits per heavy atom. The van der Waals surface area contributed by atoms with Crippen molar-refractivity contribution in [2.75, 3.05) is 0 Å². The highest BCUT2D eigenvalue weighted by Crippen LogP contribution is 2.35. The number of carbonyl (C=O) groups is 3. The maximum atomic E-state index is 12.2. The van der Waals surface area contributed by atoms with Crippen LogP contribution in [-0.2, 0) is 4.79 Å². The Kier molecular flexibility index (Phi) is 3.54. The molecule has 0 aromatic carbocycles. The molecular formula is C18H14N4O4. The number of carboxylic acids is 1. The molecule has 1 saturated carbocycles. The van der Waals surface area contributed by atoms with E-state index in [0.29, 0.717) is 29.7 Å². The van der Waals surface area contributed by atoms with E-state index in [4.69, 9.17) is 5.11 Å². The monoisotopic (exact) mass is 350 g/mol. The molecule has 0 bridgehead atoms. The highest BCUT2D eigenvalue weighted by atomic mass is 16.4. The van der Waals surface area contributed by atoms with Gasteiger partial charge in [0.25, 0.3) is 5.91 Å². The first-order valence-corrected chi connectivity index (χ1v) is 7.97. The van der Waals surface area contributed by atoms with Crippen LogP contribution in [-0.4, -0.2) is 43.3 Å². The van der Waals surface area contributed by atoms with Crippen LogP contribution >= 0.6 is 0 Å². The number of amides is 1. The zero-order valence-corrected chi connectivity index (χ0v) is 13.5. The number of carbonyl (C=O) groups excluding carboxylic acids is 2. The molecule has 1 aliphatic rings. The number of rotatable bonds is 5. The largest absolute Gasteiger partial charge is 0.480 e. The van der Waals surface area contributed by atoms with Crippen molar-refractivity contribution in [2.45, 2.75) is 18.4 Å². The van der Waals surface area contributed by atoms with E-state index in [1.807, 2.05) is 6.07 Å². The lowest BCUT2D eigenvalue weighted by Crippen LogP contribution is -2.43. The standard InChI is InChI=1S/C18H14N4O4/c23-10-11-7-12-3-6-22(15(12)20-8-11)13-1-2-14(19-9-13)16(24)21-18(4-5-18)17(25)26/h1-3,6-10H,4-5H2,(H,21,24)(H,25,26). The van der Waals surface area contributed by atoms with Crippen molar-refractivity contribution >= 4 is 29.2 Å². The van der Waals surface area contributed by atoms with E-state index in [1.165, 1.54) is 18.5 Å². The van der Waals surface area contributed by atoms with Crippen LogP contribution in [0.2, 0.25) is 0 Å². The Balaban J connectivity index is 1.59. The number of pyridine rings is 2. The highest BCUT2D eigenvalue weighted by Gasteiger charge is 2.51. The van der Waals surface area contributed by atoms with Crippen molar-refractivity contribution in [1.82, 2.24) is 19.9 Å². The quantitative estimate of drug-likeness (QED) is 0.675. The third kappa shape index (κ3) is 2.61. The first kappa shape index (κ1) is 15.9. The molecule has 26 heavy (non-hydrogen) atoms. The molecule has 8 heteroatoms. The molecule has 0 spiro atoms. The molecule has 8 nitrogen and oxygen atoms in total. The molecule has 1 fully saturated rings. The number of nitrogens with zero attached hydrogens (tertiary/aromatic N) is 3. The smallest absolute Gasteiger partial charge is 0.329 e. The number of hydrogen-bond acceptors (Lipinski definition) is 5. The second kappa shape index (κ2) is 5.76. The molecular weight excluding hydrogens is 336 g/mol. The molecule has 0 atom stereocenters. The second-order valence-electron chi connectivity index (χ2n) is 6.23. The topological polar surface area (TPSA) is 114 Å². The average Bonchev–Trinajstić information content (AvgIpc) is 3.32. The van der Waals surface area contributed by atoms with E-state index < -0.39 is 17.4 Å². The minimum Gasteiger partial charge on any atom is -0.480 e. The van der Waals surface area contributed by atoms with Crippen LogP contribution in [0.15, 0.2) is 42.9 Å². The third-order valence-electron chi connectivity index (χ3n) is 4.45. The van der Waals surface area contributed by atoms with Gasteiger partial charge in [0.05, 0.1) is 11.9 Å². The Labute approximate surface area is 147 Å². The summed E-state index contributed by atoms with van der Waals surface area (Å²) in [6, 6.07) is 6.81. The number of fused-ring (bicyclic) bond motifs is 1. The Bertz CT molecular complexity index is 1040. The number of nitrogens with one attached hydrogen (secondary N) is 1. The van der Waals surface area contributed by atoms with Crippen molar-refractivity contribution in [3.05, 3.63) is 54.1 Å². The normalized spacial score (nSPS) is 14.8. The molecule has 130 valence electrons. The zero-order valence-electron chi connectivity index (χ0n) is 13.5. The molecule has 0 radical (unpaired) electrons. The first-order chi connectivity index (χ1) is 12.5. The summed E-state index contributed by atoms with van der Waals surface area (Å²) in [5, 5.41) is 12.5. The maximum Gasteiger partial charge on any atom is 0.329 e. The van der Waals surface area contributed by atoms with Gasteiger partial charge < -0.3 is 10.4 Å². The van der Waals surface area contributed by atoms with Crippen molar-refractivity contribution in [1.29, 1.82) is 0 Å². The van der Waals surface area contributed by atoms with Gasteiger partial charge >= 0.3 is 5.97 Å². The average molecular weight is 350 g/mol. The van der Waals surface area contributed by atoms with E-state index in [2.05, 4.69) is 15.3 Å². The van der Waals surface area contributed by atoms with Gasteiger partial charge in [-0.1, -0.05) is 0 Å². The van der Waals surface area contributed by atoms with E-state index in [9.17, 15) is 14.4 Å². The van der Waals surface area contributed by atoms with Crippen LogP contribution in [0.25, 0.3) is 16.7 Å². The first-order valence-electron chi connectivity index (χ1n) is 7.97. The maximum absolute atomic E-state index is 12.2. The van der Waals surface area contributed by atoms with Gasteiger partial charge in [-0.2, -0.15) is 0 Å². The van der Waals surface area contributed by atoms with Crippen molar-refractivity contribution in [3.63, 3.8) is 0 Å². The summed E-state index contributed by atoms with van der Waals surface area (Å²) in [4.78, 5) is 42.6. The molecule has 3 aromatic rings. The van der Waals surface area contributed by atoms with Crippen LogP contribution in [0.5, 0.6) is 0 Å². The summed E-state index contributed by atoms with van der Waals surface area (Å²) in [7, 11) is 0. The number of hydrogen-bond donors (Lipinski definition) is 2. The summed E-state index contributed by atoms with van der Waals surface area (Å²) < 4.78 is 1.79. The van der Waals surface area contributed by atoms with Crippen molar-refractivity contribution < 1.29 is 19.5 Å². The van der Waals surface area contributed by atoms with Crippen LogP contribution in [0.4, 0.5) is 0 Å². The van der Waals surface area contributed by atoms with Crippen LogP contribution in [0.1, 0.15) is 33.7 Å². The molecule has 0 aliphatic heterocycles. The van der Waals surface area contributed by atoms with Gasteiger partial charge in [-0.15, -0.1) is 0 Å². The molecule has 3 heterocycles. The lowest BCUT2D eigenvalue weighted by atomic mass is 10.2. The second-order valence-corrected chi connectivity index (χ2v) is 6.23. The van der Waals surface area contributed by atoms with Crippen LogP contribution in [0, 0.1) is 0 Å². The number of aromatic nitrogens is 3. The van der Waals surface area contributed by atoms with Gasteiger partial charge in [-0.25, -0.2) is 14.8 Å². The summed E-state index contributed by atoms with van der Waals surface area (Å²) in [6.45, 7) is 0. The number of carboxylic acid groups (broad SMARTS) is 1. The van der Waals surface area contributed by atoms with E-state index in [0.717, 1.165) is 11.7 Å². The summed E-state index contributed by atoms with van der Waals surface area (Å²) in [6.07, 6.45) is 6.40. The van der Waals surface area contributed by atoms with E-state index in [-0.39, 0.29) is 5.69 Å². The van der Waals surface area contributed by atoms with Crippen molar-refractivity contribution in [3.8, 4) is 5.69 Å². The Hall–Kier alpha value is -3.55. The molecule has 0 unspecified atom stereocenters. The lowest BCUT2D eigenvalue weighted by Gasteiger charge is -2.12. The molecule has 1 aliphatic carbocycles. The SMILES string of the molecule is O=Cc1cnc2c(ccn2-c2ccc(C(=O)NC3(C(=O)O)CC3)nc2)c1. The highest BCUT2D eigenvalue weighted by molar-refractivity contribution is 5.97. The predicted octanol–water partition coefficient (Wildman–Crippen LogP) is 1.58. The van der Waals surface area contributed by atoms with Crippen molar-refractivity contribution in [2.24, 2.45) is 0 Å². The minimum absolute atomic E-state index is 0.147. The summed E-state index contributed by atoms with van der Waals surface area (Å²) in [5.41, 5.74) is 0.857. The number of aldehydes is 1. The number of aliphatic carboxylic acids is 1. The Morgan fingerprint density at radius 3 is 2.62 bits per heavy atom. The van der Waals surface area contributed by atoms with Gasteiger partial charge in [0.2, 0.25) is 0 Å². The predicted molar refractivity (Wildman–Crippen MR) is 91.3 cm³/mol. The lowest BCUT2D eigenvalue weighted by molar-refractivity contribution is -0.140. The van der Waals surface area contributed by atoms with Crippen LogP contribution in [0.3, 0.4) is 0 Å². The fraction of sp³-hybridized carbons (Fsp3) is 0.167.